The van der Waals surface area contributed by atoms with Gasteiger partial charge in [0.2, 0.25) is 0 Å². The number of carbonyl (C=O) groups excluding carboxylic acids is 1. The molecule has 0 aliphatic rings. The maximum absolute atomic E-state index is 11.0. The minimum atomic E-state index is 0. The molecule has 8 aromatic rings. The van der Waals surface area contributed by atoms with E-state index >= 15 is 0 Å². The van der Waals surface area contributed by atoms with Crippen LogP contribution in [0.15, 0.2) is 122 Å². The number of ether oxygens (including phenoxy) is 2. The van der Waals surface area contributed by atoms with E-state index in [4.69, 9.17) is 9.47 Å². The van der Waals surface area contributed by atoms with Crippen molar-refractivity contribution in [3.8, 4) is 23.0 Å². The van der Waals surface area contributed by atoms with Gasteiger partial charge in [0.1, 0.15) is 28.7 Å². The second kappa shape index (κ2) is 11.8. The molecule has 0 spiro atoms. The standard InChI is InChI=1S/C17H11N3O2.C17H12N2O.CH4/c21-10-17-14-9-13(4-6-16(14)19-20-17)22-12-3-5-15-11(8-12)2-1-7-18-15;1-2-12-10-14(3-5-16(12)18-8-1)20-15-4-6-17-13(11-15)7-9-19-17;/h1-10H,(H,19,20);1-11,19H;1H4. The van der Waals surface area contributed by atoms with Gasteiger partial charge in [-0.1, -0.05) is 19.6 Å². The molecule has 8 rings (SSSR count). The Hall–Kier alpha value is -6.02. The van der Waals surface area contributed by atoms with E-state index in [-0.39, 0.29) is 7.43 Å². The van der Waals surface area contributed by atoms with E-state index < -0.39 is 0 Å². The van der Waals surface area contributed by atoms with Crippen molar-refractivity contribution >= 4 is 49.9 Å². The van der Waals surface area contributed by atoms with Crippen LogP contribution in [0, 0.1) is 0 Å². The average molecular weight is 566 g/mol. The molecule has 0 aliphatic carbocycles. The summed E-state index contributed by atoms with van der Waals surface area (Å²) < 4.78 is 11.8. The number of nitrogens with zero attached hydrogens (tertiary/aromatic N) is 3. The smallest absolute Gasteiger partial charge is 0.168 e. The first-order valence-electron chi connectivity index (χ1n) is 13.3. The summed E-state index contributed by atoms with van der Waals surface area (Å²) >= 11 is 0. The topological polar surface area (TPSA) is 106 Å². The van der Waals surface area contributed by atoms with Gasteiger partial charge in [-0.2, -0.15) is 5.10 Å². The summed E-state index contributed by atoms with van der Waals surface area (Å²) in [7, 11) is 0. The summed E-state index contributed by atoms with van der Waals surface area (Å²) in [6.45, 7) is 0. The fourth-order valence-electron chi connectivity index (χ4n) is 4.76. The quantitative estimate of drug-likeness (QED) is 0.202. The van der Waals surface area contributed by atoms with Crippen molar-refractivity contribution in [3.63, 3.8) is 0 Å². The fraction of sp³-hybridized carbons (Fsp3) is 0.0286. The number of aldehydes is 1. The van der Waals surface area contributed by atoms with Crippen LogP contribution in [0.1, 0.15) is 17.9 Å². The zero-order valence-corrected chi connectivity index (χ0v) is 22.2. The van der Waals surface area contributed by atoms with Gasteiger partial charge in [0, 0.05) is 45.7 Å². The van der Waals surface area contributed by atoms with Gasteiger partial charge < -0.3 is 14.5 Å². The Morgan fingerprint density at radius 3 is 1.79 bits per heavy atom. The van der Waals surface area contributed by atoms with E-state index in [2.05, 4.69) is 25.1 Å². The van der Waals surface area contributed by atoms with Crippen molar-refractivity contribution in [2.24, 2.45) is 0 Å². The van der Waals surface area contributed by atoms with E-state index in [1.165, 1.54) is 0 Å². The second-order valence-corrected chi connectivity index (χ2v) is 9.58. The van der Waals surface area contributed by atoms with E-state index in [9.17, 15) is 4.79 Å². The molecular formula is C35H27N5O3. The predicted octanol–water partition coefficient (Wildman–Crippen LogP) is 8.86. The summed E-state index contributed by atoms with van der Waals surface area (Å²) in [5.74, 6) is 3.02. The van der Waals surface area contributed by atoms with Crippen LogP contribution in [0.25, 0.3) is 43.6 Å². The molecule has 4 aromatic heterocycles. The number of carbonyl (C=O) groups is 1. The number of fused-ring (bicyclic) bond motifs is 4. The third kappa shape index (κ3) is 5.75. The molecule has 0 fully saturated rings. The SMILES string of the molecule is C.O=Cc1[nH]nc2ccc(Oc3ccc4ncccc4c3)cc12.c1cnc2ccc(Oc3ccc4[nH]ccc4c3)cc2c1. The predicted molar refractivity (Wildman–Crippen MR) is 170 cm³/mol. The number of aromatic amines is 2. The molecule has 8 heteroatoms. The lowest BCUT2D eigenvalue weighted by Crippen LogP contribution is -1.86. The molecule has 0 bridgehead atoms. The number of hydrogen-bond acceptors (Lipinski definition) is 6. The van der Waals surface area contributed by atoms with Crippen molar-refractivity contribution in [1.29, 1.82) is 0 Å². The van der Waals surface area contributed by atoms with E-state index in [1.807, 2.05) is 103 Å². The average Bonchev–Trinajstić information content (AvgIpc) is 3.68. The number of nitrogens with one attached hydrogen (secondary N) is 2. The molecule has 0 unspecified atom stereocenters. The zero-order valence-electron chi connectivity index (χ0n) is 22.2. The van der Waals surface area contributed by atoms with Crippen molar-refractivity contribution in [3.05, 3.63) is 127 Å². The van der Waals surface area contributed by atoms with Crippen LogP contribution >= 0.6 is 0 Å². The van der Waals surface area contributed by atoms with Gasteiger partial charge in [-0.25, -0.2) is 0 Å². The molecule has 4 heterocycles. The molecule has 0 radical (unpaired) electrons. The van der Waals surface area contributed by atoms with Crippen LogP contribution in [0.3, 0.4) is 0 Å². The van der Waals surface area contributed by atoms with Crippen LogP contribution < -0.4 is 9.47 Å². The normalized spacial score (nSPS) is 10.7. The number of aromatic nitrogens is 5. The maximum Gasteiger partial charge on any atom is 0.168 e. The summed E-state index contributed by atoms with van der Waals surface area (Å²) in [4.78, 5) is 22.7. The number of rotatable bonds is 5. The Morgan fingerprint density at radius 2 is 1.16 bits per heavy atom. The van der Waals surface area contributed by atoms with Crippen molar-refractivity contribution in [2.75, 3.05) is 0 Å². The van der Waals surface area contributed by atoms with Crippen LogP contribution in [0.4, 0.5) is 0 Å². The molecule has 210 valence electrons. The first kappa shape index (κ1) is 27.2. The molecule has 0 atom stereocenters. The lowest BCUT2D eigenvalue weighted by molar-refractivity contribution is 0.112. The first-order valence-corrected chi connectivity index (χ1v) is 13.3. The highest BCUT2D eigenvalue weighted by Crippen LogP contribution is 2.29. The summed E-state index contributed by atoms with van der Waals surface area (Å²) in [5.41, 5.74) is 4.18. The molecule has 2 N–H and O–H groups in total. The fourth-order valence-corrected chi connectivity index (χ4v) is 4.76. The Kier molecular flexibility index (Phi) is 7.48. The molecule has 0 amide bonds. The van der Waals surface area contributed by atoms with Gasteiger partial charge in [-0.3, -0.25) is 19.9 Å². The van der Waals surface area contributed by atoms with Crippen molar-refractivity contribution < 1.29 is 14.3 Å². The van der Waals surface area contributed by atoms with Gasteiger partial charge in [0.25, 0.3) is 0 Å². The molecule has 0 saturated carbocycles. The molecule has 0 saturated heterocycles. The Balaban J connectivity index is 0.000000150. The highest BCUT2D eigenvalue weighted by Gasteiger charge is 2.07. The molecule has 0 aliphatic heterocycles. The monoisotopic (exact) mass is 565 g/mol. The summed E-state index contributed by atoms with van der Waals surface area (Å²) in [5, 5.41) is 10.7. The number of benzene rings is 4. The summed E-state index contributed by atoms with van der Waals surface area (Å²) in [6.07, 6.45) is 6.23. The minimum absolute atomic E-state index is 0. The summed E-state index contributed by atoms with van der Waals surface area (Å²) in [6, 6.07) is 33.0. The van der Waals surface area contributed by atoms with Crippen molar-refractivity contribution in [1.82, 2.24) is 25.1 Å². The lowest BCUT2D eigenvalue weighted by atomic mass is 10.2. The van der Waals surface area contributed by atoms with E-state index in [0.717, 1.165) is 67.1 Å². The van der Waals surface area contributed by atoms with E-state index in [1.54, 1.807) is 18.5 Å². The molecule has 4 aromatic carbocycles. The van der Waals surface area contributed by atoms with Crippen LogP contribution in [-0.2, 0) is 0 Å². The zero-order chi connectivity index (χ0) is 28.3. The van der Waals surface area contributed by atoms with Gasteiger partial charge in [-0.15, -0.1) is 0 Å². The third-order valence-corrected chi connectivity index (χ3v) is 6.82. The van der Waals surface area contributed by atoms with Crippen molar-refractivity contribution in [2.45, 2.75) is 7.43 Å². The van der Waals surface area contributed by atoms with Crippen LogP contribution in [-0.4, -0.2) is 31.4 Å². The molecule has 43 heavy (non-hydrogen) atoms. The second-order valence-electron chi connectivity index (χ2n) is 9.58. The number of hydrogen-bond donors (Lipinski definition) is 2. The largest absolute Gasteiger partial charge is 0.457 e. The lowest BCUT2D eigenvalue weighted by Gasteiger charge is -2.06. The Labute approximate surface area is 247 Å². The van der Waals surface area contributed by atoms with Crippen LogP contribution in [0.2, 0.25) is 0 Å². The van der Waals surface area contributed by atoms with Gasteiger partial charge in [-0.05, 0) is 91.0 Å². The molecule has 8 nitrogen and oxygen atoms in total. The Bertz CT molecular complexity index is 2200. The molecular weight excluding hydrogens is 538 g/mol. The van der Waals surface area contributed by atoms with Gasteiger partial charge >= 0.3 is 0 Å². The highest BCUT2D eigenvalue weighted by molar-refractivity contribution is 5.95. The van der Waals surface area contributed by atoms with E-state index in [0.29, 0.717) is 11.4 Å². The number of H-pyrrole nitrogens is 2. The Morgan fingerprint density at radius 1 is 0.605 bits per heavy atom. The van der Waals surface area contributed by atoms with Gasteiger partial charge in [0.05, 0.1) is 16.6 Å². The third-order valence-electron chi connectivity index (χ3n) is 6.82. The maximum atomic E-state index is 11.0. The minimum Gasteiger partial charge on any atom is -0.457 e. The number of pyridine rings is 2. The highest BCUT2D eigenvalue weighted by atomic mass is 16.5. The van der Waals surface area contributed by atoms with Gasteiger partial charge in [0.15, 0.2) is 6.29 Å². The first-order chi connectivity index (χ1) is 20.7. The van der Waals surface area contributed by atoms with Crippen LogP contribution in [0.5, 0.6) is 23.0 Å².